The van der Waals surface area contributed by atoms with Crippen molar-refractivity contribution in [1.82, 2.24) is 0 Å². The van der Waals surface area contributed by atoms with E-state index in [1.807, 2.05) is 20.8 Å². The maximum Gasteiger partial charge on any atom is 4.00 e. The van der Waals surface area contributed by atoms with Crippen LogP contribution in [0.25, 0.3) is 5.73 Å². The van der Waals surface area contributed by atoms with E-state index in [9.17, 15) is 0 Å². The molecule has 1 nitrogen and oxygen atoms in total. The van der Waals surface area contributed by atoms with Crippen LogP contribution in [0.15, 0.2) is 16.7 Å². The van der Waals surface area contributed by atoms with Gasteiger partial charge in [-0.3, -0.25) is 6.08 Å². The van der Waals surface area contributed by atoms with Gasteiger partial charge in [0.25, 0.3) is 0 Å². The van der Waals surface area contributed by atoms with Crippen LogP contribution < -0.4 is 0 Å². The molecule has 0 bridgehead atoms. The van der Waals surface area contributed by atoms with Crippen LogP contribution in [0.3, 0.4) is 0 Å². The molecule has 0 spiro atoms. The molecule has 116 valence electrons. The predicted molar refractivity (Wildman–Crippen MR) is 95.0 cm³/mol. The van der Waals surface area contributed by atoms with Gasteiger partial charge in [-0.05, 0) is 0 Å². The summed E-state index contributed by atoms with van der Waals surface area (Å²) < 4.78 is 0. The van der Waals surface area contributed by atoms with Crippen molar-refractivity contribution in [3.8, 4) is 0 Å². The normalized spacial score (nSPS) is 21.1. The van der Waals surface area contributed by atoms with E-state index in [2.05, 4.69) is 46.9 Å². The first-order valence-electron chi connectivity index (χ1n) is 6.44. The zero-order valence-electron chi connectivity index (χ0n) is 15.6. The van der Waals surface area contributed by atoms with Crippen molar-refractivity contribution in [2.24, 2.45) is 0 Å². The van der Waals surface area contributed by atoms with Crippen molar-refractivity contribution in [1.29, 1.82) is 0 Å². The van der Waals surface area contributed by atoms with Gasteiger partial charge in [-0.1, -0.05) is 59.7 Å². The van der Waals surface area contributed by atoms with Crippen LogP contribution in [0, 0.1) is 20.9 Å². The Kier molecular flexibility index (Phi) is 14.5. The van der Waals surface area contributed by atoms with Crippen LogP contribution in [0.1, 0.15) is 48.5 Å². The first-order valence-corrected chi connectivity index (χ1v) is 9.33. The molecule has 0 saturated carbocycles. The molecule has 1 rings (SSSR count). The summed E-state index contributed by atoms with van der Waals surface area (Å²) in [4.78, 5) is 0. The molecule has 0 amide bonds. The minimum atomic E-state index is -0.663. The van der Waals surface area contributed by atoms with E-state index in [4.69, 9.17) is 5.73 Å². The Morgan fingerprint density at radius 2 is 1.35 bits per heavy atom. The Morgan fingerprint density at radius 3 is 1.45 bits per heavy atom. The van der Waals surface area contributed by atoms with Crippen molar-refractivity contribution in [2.45, 2.75) is 72.1 Å². The fourth-order valence-electron chi connectivity index (χ4n) is 1.83. The maximum absolute atomic E-state index is 6.94. The van der Waals surface area contributed by atoms with Gasteiger partial charge < -0.3 is 20.6 Å². The van der Waals surface area contributed by atoms with E-state index < -0.39 is 8.80 Å². The molecule has 1 atom stereocenters. The van der Waals surface area contributed by atoms with Gasteiger partial charge in [-0.15, -0.1) is 12.5 Å². The van der Waals surface area contributed by atoms with Crippen LogP contribution in [-0.4, -0.2) is 14.3 Å². The van der Waals surface area contributed by atoms with Crippen molar-refractivity contribution >= 4 is 8.80 Å². The molecule has 1 unspecified atom stereocenters. The summed E-state index contributed by atoms with van der Waals surface area (Å²) in [6.07, 6.45) is 3.63. The number of hydrogen-bond donors (Lipinski definition) is 0. The van der Waals surface area contributed by atoms with E-state index >= 15 is 0 Å². The second kappa shape index (κ2) is 10.2. The third-order valence-corrected chi connectivity index (χ3v) is 6.39. The third-order valence-electron chi connectivity index (χ3n) is 3.51. The number of rotatable bonds is 1. The molecular formula is C17H35NSiTi. The Bertz CT molecular complexity index is 331. The van der Waals surface area contributed by atoms with Crippen LogP contribution in [0.4, 0.5) is 0 Å². The van der Waals surface area contributed by atoms with Gasteiger partial charge in [0.15, 0.2) is 0 Å². The summed E-state index contributed by atoms with van der Waals surface area (Å²) >= 11 is 0. The molecule has 0 aliphatic heterocycles. The third kappa shape index (κ3) is 8.61. The van der Waals surface area contributed by atoms with Crippen LogP contribution >= 0.6 is 0 Å². The summed E-state index contributed by atoms with van der Waals surface area (Å²) in [7, 11) is -0.663. The van der Waals surface area contributed by atoms with Gasteiger partial charge >= 0.3 is 21.7 Å². The van der Waals surface area contributed by atoms with E-state index in [1.165, 1.54) is 11.1 Å². The zero-order chi connectivity index (χ0) is 14.0. The van der Waals surface area contributed by atoms with Gasteiger partial charge in [0, 0.05) is 8.80 Å². The standard InChI is InChI=1S/C11H19Si.C4H10N.2CH3.Ti/c1-8-7-11(4,12(5)6)10(3)9(8)2;1-4(2,3)5;;;/h12H,1-6H3;5H,1-3H3;2*1H3;/q4*-1;+4. The zero-order valence-corrected chi connectivity index (χ0v) is 18.3. The average molecular weight is 329 g/mol. The maximum atomic E-state index is 6.94. The second-order valence-corrected chi connectivity index (χ2v) is 10.1. The minimum absolute atomic E-state index is 0. The Hall–Kier alpha value is 0.371. The number of hydrogen-bond acceptors (Lipinski definition) is 0. The monoisotopic (exact) mass is 329 g/mol. The van der Waals surface area contributed by atoms with Crippen molar-refractivity contribution in [2.75, 3.05) is 0 Å². The van der Waals surface area contributed by atoms with Crippen molar-refractivity contribution < 1.29 is 21.7 Å². The Balaban J connectivity index is -0.000000141. The quantitative estimate of drug-likeness (QED) is 0.412. The SMILES string of the molecule is CC(C)(C)[NH-].CC1=[C-]C(C)([SiH](C)C)C(C)=C1C.[CH3-].[CH3-].[Ti+4]. The Morgan fingerprint density at radius 1 is 1.05 bits per heavy atom. The fraction of sp³-hybridized carbons (Fsp3) is 0.647. The molecule has 1 aliphatic rings. The average Bonchev–Trinajstić information content (AvgIpc) is 2.29. The number of nitrogens with one attached hydrogen (secondary N) is 1. The number of allylic oxidation sites excluding steroid dienone is 4. The molecule has 0 saturated heterocycles. The minimum Gasteiger partial charge on any atom is -0.673 e. The van der Waals surface area contributed by atoms with E-state index in [0.717, 1.165) is 0 Å². The molecule has 0 aromatic rings. The van der Waals surface area contributed by atoms with Crippen LogP contribution in [0.5, 0.6) is 0 Å². The summed E-state index contributed by atoms with van der Waals surface area (Å²) in [5.41, 5.74) is 11.1. The predicted octanol–water partition coefficient (Wildman–Crippen LogP) is 6.07. The molecule has 3 heteroatoms. The molecule has 0 radical (unpaired) electrons. The van der Waals surface area contributed by atoms with Gasteiger partial charge in [0.2, 0.25) is 0 Å². The first kappa shape index (κ1) is 28.5. The topological polar surface area (TPSA) is 23.8 Å². The molecule has 1 aliphatic carbocycles. The van der Waals surface area contributed by atoms with Crippen molar-refractivity contribution in [3.63, 3.8) is 0 Å². The summed E-state index contributed by atoms with van der Waals surface area (Å²) in [6, 6.07) is 0. The Labute approximate surface area is 146 Å². The molecule has 0 aromatic heterocycles. The van der Waals surface area contributed by atoms with Crippen LogP contribution in [-0.2, 0) is 21.7 Å². The summed E-state index contributed by atoms with van der Waals surface area (Å²) in [5, 5.41) is 0.328. The smallest absolute Gasteiger partial charge is 0.673 e. The molecule has 0 aromatic carbocycles. The van der Waals surface area contributed by atoms with Crippen molar-refractivity contribution in [3.05, 3.63) is 43.4 Å². The van der Waals surface area contributed by atoms with E-state index in [0.29, 0.717) is 5.04 Å². The largest absolute Gasteiger partial charge is 4.00 e. The molecule has 0 fully saturated rings. The van der Waals surface area contributed by atoms with E-state index in [1.54, 1.807) is 5.57 Å². The molecule has 20 heavy (non-hydrogen) atoms. The van der Waals surface area contributed by atoms with Gasteiger partial charge in [0.05, 0.1) is 0 Å². The molecule has 0 heterocycles. The van der Waals surface area contributed by atoms with Gasteiger partial charge in [0.1, 0.15) is 0 Å². The fourth-order valence-corrected chi connectivity index (χ4v) is 3.41. The van der Waals surface area contributed by atoms with E-state index in [-0.39, 0.29) is 42.1 Å². The molecule has 1 N–H and O–H groups in total. The van der Waals surface area contributed by atoms with Gasteiger partial charge in [-0.25, -0.2) is 5.57 Å². The summed E-state index contributed by atoms with van der Waals surface area (Å²) in [6.45, 7) is 19.4. The summed E-state index contributed by atoms with van der Waals surface area (Å²) in [5.74, 6) is 0. The van der Waals surface area contributed by atoms with Crippen LogP contribution in [0.2, 0.25) is 18.1 Å². The van der Waals surface area contributed by atoms with Gasteiger partial charge in [-0.2, -0.15) is 11.1 Å². The molecular weight excluding hydrogens is 294 g/mol. The first-order chi connectivity index (χ1) is 7.39. The second-order valence-electron chi connectivity index (χ2n) is 6.61.